The number of nitro groups is 1. The van der Waals surface area contributed by atoms with Crippen LogP contribution in [-0.4, -0.2) is 14.9 Å². The molecule has 0 spiro atoms. The van der Waals surface area contributed by atoms with Crippen molar-refractivity contribution in [2.75, 3.05) is 5.43 Å². The minimum absolute atomic E-state index is 0.0378. The molecule has 0 fully saturated rings. The number of hydrogen-bond acceptors (Lipinski definition) is 7. The molecule has 2 aromatic rings. The molecule has 104 valence electrons. The number of anilines is 1. The number of aromatic nitrogens is 2. The fourth-order valence-electron chi connectivity index (χ4n) is 1.53. The van der Waals surface area contributed by atoms with Crippen LogP contribution in [0.2, 0.25) is 0 Å². The molecule has 8 nitrogen and oxygen atoms in total. The third-order valence-corrected chi connectivity index (χ3v) is 2.61. The average molecular weight is 275 g/mol. The SMILES string of the molecule is CCc1ccc(Oc2nc(NN)ncc2[N+](=O)[O-])cc1. The van der Waals surface area contributed by atoms with Crippen molar-refractivity contribution < 1.29 is 9.66 Å². The highest BCUT2D eigenvalue weighted by Gasteiger charge is 2.19. The number of nitrogens with one attached hydrogen (secondary N) is 1. The molecule has 0 amide bonds. The van der Waals surface area contributed by atoms with Gasteiger partial charge in [-0.15, -0.1) is 0 Å². The molecule has 1 aromatic carbocycles. The summed E-state index contributed by atoms with van der Waals surface area (Å²) in [6, 6.07) is 7.20. The molecule has 0 radical (unpaired) electrons. The van der Waals surface area contributed by atoms with Gasteiger partial charge in [0.15, 0.2) is 0 Å². The van der Waals surface area contributed by atoms with Crippen molar-refractivity contribution in [1.82, 2.24) is 9.97 Å². The summed E-state index contributed by atoms with van der Waals surface area (Å²) in [5.74, 6) is 5.50. The van der Waals surface area contributed by atoms with Gasteiger partial charge >= 0.3 is 11.6 Å². The van der Waals surface area contributed by atoms with Gasteiger partial charge in [0.1, 0.15) is 11.9 Å². The Hall–Kier alpha value is -2.74. The van der Waals surface area contributed by atoms with E-state index >= 15 is 0 Å². The smallest absolute Gasteiger partial charge is 0.349 e. The Morgan fingerprint density at radius 2 is 2.10 bits per heavy atom. The highest BCUT2D eigenvalue weighted by atomic mass is 16.6. The molecule has 20 heavy (non-hydrogen) atoms. The average Bonchev–Trinajstić information content (AvgIpc) is 2.47. The molecule has 0 bridgehead atoms. The van der Waals surface area contributed by atoms with E-state index in [0.717, 1.165) is 18.2 Å². The van der Waals surface area contributed by atoms with Gasteiger partial charge in [0, 0.05) is 0 Å². The lowest BCUT2D eigenvalue weighted by Gasteiger charge is -2.07. The molecular formula is C12H13N5O3. The first-order valence-corrected chi connectivity index (χ1v) is 5.89. The molecular weight excluding hydrogens is 262 g/mol. The normalized spacial score (nSPS) is 10.1. The number of nitrogen functional groups attached to an aromatic ring is 1. The van der Waals surface area contributed by atoms with Gasteiger partial charge in [-0.25, -0.2) is 10.8 Å². The number of hydrazine groups is 1. The second kappa shape index (κ2) is 5.93. The Morgan fingerprint density at radius 3 is 2.65 bits per heavy atom. The highest BCUT2D eigenvalue weighted by Crippen LogP contribution is 2.29. The first-order valence-electron chi connectivity index (χ1n) is 5.89. The van der Waals surface area contributed by atoms with Gasteiger partial charge in [0.25, 0.3) is 0 Å². The Kier molecular flexibility index (Phi) is 4.06. The summed E-state index contributed by atoms with van der Waals surface area (Å²) in [7, 11) is 0. The van der Waals surface area contributed by atoms with Crippen LogP contribution in [0.4, 0.5) is 11.6 Å². The van der Waals surface area contributed by atoms with Gasteiger partial charge in [-0.1, -0.05) is 19.1 Å². The first kappa shape index (κ1) is 13.7. The zero-order chi connectivity index (χ0) is 14.5. The zero-order valence-corrected chi connectivity index (χ0v) is 10.7. The summed E-state index contributed by atoms with van der Waals surface area (Å²) in [6.07, 6.45) is 1.94. The Bertz CT molecular complexity index is 615. The Balaban J connectivity index is 2.32. The standard InChI is InChI=1S/C12H13N5O3/c1-2-8-3-5-9(6-4-8)20-11-10(17(18)19)7-14-12(15-11)16-13/h3-7H,2,13H2,1H3,(H,14,15,16). The fourth-order valence-corrected chi connectivity index (χ4v) is 1.53. The molecule has 0 unspecified atom stereocenters. The molecule has 2 rings (SSSR count). The molecule has 0 aliphatic heterocycles. The molecule has 0 aliphatic rings. The van der Waals surface area contributed by atoms with E-state index < -0.39 is 4.92 Å². The van der Waals surface area contributed by atoms with Crippen LogP contribution in [0.3, 0.4) is 0 Å². The monoisotopic (exact) mass is 275 g/mol. The summed E-state index contributed by atoms with van der Waals surface area (Å²) < 4.78 is 5.42. The van der Waals surface area contributed by atoms with E-state index in [4.69, 9.17) is 10.6 Å². The lowest BCUT2D eigenvalue weighted by Crippen LogP contribution is -2.11. The van der Waals surface area contributed by atoms with Crippen LogP contribution < -0.4 is 16.0 Å². The van der Waals surface area contributed by atoms with Crippen molar-refractivity contribution in [1.29, 1.82) is 0 Å². The highest BCUT2D eigenvalue weighted by molar-refractivity contribution is 5.45. The second-order valence-corrected chi connectivity index (χ2v) is 3.89. The predicted molar refractivity (Wildman–Crippen MR) is 72.4 cm³/mol. The summed E-state index contributed by atoms with van der Waals surface area (Å²) in [4.78, 5) is 17.8. The van der Waals surface area contributed by atoms with Crippen molar-refractivity contribution in [3.05, 3.63) is 46.1 Å². The van der Waals surface area contributed by atoms with Crippen LogP contribution >= 0.6 is 0 Å². The number of ether oxygens (including phenoxy) is 1. The number of aryl methyl sites for hydroxylation is 1. The second-order valence-electron chi connectivity index (χ2n) is 3.89. The number of nitrogens with zero attached hydrogens (tertiary/aromatic N) is 3. The zero-order valence-electron chi connectivity index (χ0n) is 10.7. The van der Waals surface area contributed by atoms with Gasteiger partial charge in [-0.3, -0.25) is 15.5 Å². The van der Waals surface area contributed by atoms with Gasteiger partial charge in [0.2, 0.25) is 5.95 Å². The van der Waals surface area contributed by atoms with E-state index in [1.54, 1.807) is 12.1 Å². The van der Waals surface area contributed by atoms with Crippen LogP contribution in [0.15, 0.2) is 30.5 Å². The Morgan fingerprint density at radius 1 is 1.40 bits per heavy atom. The van der Waals surface area contributed by atoms with E-state index in [9.17, 15) is 10.1 Å². The minimum atomic E-state index is -0.615. The van der Waals surface area contributed by atoms with Crippen molar-refractivity contribution in [2.24, 2.45) is 5.84 Å². The summed E-state index contributed by atoms with van der Waals surface area (Å²) >= 11 is 0. The van der Waals surface area contributed by atoms with Crippen molar-refractivity contribution in [3.63, 3.8) is 0 Å². The molecule has 0 atom stereocenters. The summed E-state index contributed by atoms with van der Waals surface area (Å²) in [5, 5.41) is 10.9. The van der Waals surface area contributed by atoms with Crippen LogP contribution in [0.5, 0.6) is 11.6 Å². The third-order valence-electron chi connectivity index (χ3n) is 2.61. The maximum absolute atomic E-state index is 10.9. The minimum Gasteiger partial charge on any atom is -0.434 e. The fraction of sp³-hybridized carbons (Fsp3) is 0.167. The topological polar surface area (TPSA) is 116 Å². The Labute approximate surface area is 114 Å². The molecule has 0 saturated carbocycles. The lowest BCUT2D eigenvalue weighted by atomic mass is 10.2. The van der Waals surface area contributed by atoms with Crippen LogP contribution in [0.1, 0.15) is 12.5 Å². The van der Waals surface area contributed by atoms with E-state index in [1.807, 2.05) is 19.1 Å². The van der Waals surface area contributed by atoms with Crippen molar-refractivity contribution in [3.8, 4) is 11.6 Å². The number of hydrogen-bond donors (Lipinski definition) is 2. The molecule has 0 saturated heterocycles. The van der Waals surface area contributed by atoms with E-state index in [0.29, 0.717) is 5.75 Å². The molecule has 1 heterocycles. The maximum atomic E-state index is 10.9. The summed E-state index contributed by atoms with van der Waals surface area (Å²) in [5.41, 5.74) is 3.02. The van der Waals surface area contributed by atoms with Crippen molar-refractivity contribution in [2.45, 2.75) is 13.3 Å². The quantitative estimate of drug-likeness (QED) is 0.487. The predicted octanol–water partition coefficient (Wildman–Crippen LogP) is 2.03. The maximum Gasteiger partial charge on any atom is 0.349 e. The van der Waals surface area contributed by atoms with Gasteiger partial charge in [-0.2, -0.15) is 4.98 Å². The molecule has 3 N–H and O–H groups in total. The van der Waals surface area contributed by atoms with Gasteiger partial charge in [0.05, 0.1) is 4.92 Å². The van der Waals surface area contributed by atoms with Crippen LogP contribution in [0, 0.1) is 10.1 Å². The van der Waals surface area contributed by atoms with E-state index in [-0.39, 0.29) is 17.5 Å². The van der Waals surface area contributed by atoms with Crippen molar-refractivity contribution >= 4 is 11.6 Å². The van der Waals surface area contributed by atoms with Gasteiger partial charge in [-0.05, 0) is 24.1 Å². The number of rotatable bonds is 5. The lowest BCUT2D eigenvalue weighted by molar-refractivity contribution is -0.386. The largest absolute Gasteiger partial charge is 0.434 e. The van der Waals surface area contributed by atoms with Crippen LogP contribution in [-0.2, 0) is 6.42 Å². The molecule has 0 aliphatic carbocycles. The summed E-state index contributed by atoms with van der Waals surface area (Å²) in [6.45, 7) is 2.03. The number of benzene rings is 1. The molecule has 8 heteroatoms. The van der Waals surface area contributed by atoms with E-state index in [2.05, 4.69) is 15.4 Å². The van der Waals surface area contributed by atoms with E-state index in [1.165, 1.54) is 0 Å². The third kappa shape index (κ3) is 2.98. The van der Waals surface area contributed by atoms with Gasteiger partial charge < -0.3 is 4.74 Å². The molecule has 1 aromatic heterocycles. The first-order chi connectivity index (χ1) is 9.63. The van der Waals surface area contributed by atoms with Crippen LogP contribution in [0.25, 0.3) is 0 Å². The number of nitrogens with two attached hydrogens (primary N) is 1.